The van der Waals surface area contributed by atoms with Crippen molar-refractivity contribution in [3.05, 3.63) is 24.0 Å². The molecule has 0 bridgehead atoms. The molecule has 0 amide bonds. The molecule has 1 saturated heterocycles. The summed E-state index contributed by atoms with van der Waals surface area (Å²) in [6.07, 6.45) is 3.03. The molecular formula is C12H22N4. The second-order valence-electron chi connectivity index (χ2n) is 4.56. The molecule has 1 aromatic rings. The van der Waals surface area contributed by atoms with E-state index in [1.54, 1.807) is 0 Å². The quantitative estimate of drug-likeness (QED) is 0.786. The van der Waals surface area contributed by atoms with Gasteiger partial charge in [0.05, 0.1) is 6.04 Å². The highest BCUT2D eigenvalue weighted by Crippen LogP contribution is 2.23. The van der Waals surface area contributed by atoms with Crippen molar-refractivity contribution < 1.29 is 0 Å². The molecule has 1 aliphatic heterocycles. The van der Waals surface area contributed by atoms with Gasteiger partial charge in [0.15, 0.2) is 0 Å². The first-order chi connectivity index (χ1) is 7.81. The van der Waals surface area contributed by atoms with E-state index in [-0.39, 0.29) is 0 Å². The summed E-state index contributed by atoms with van der Waals surface area (Å²) < 4.78 is 0. The summed E-state index contributed by atoms with van der Waals surface area (Å²) in [5, 5.41) is 0. The number of H-pyrrole nitrogens is 1. The Kier molecular flexibility index (Phi) is 3.98. The fraction of sp³-hybridized carbons (Fsp3) is 0.667. The monoisotopic (exact) mass is 222 g/mol. The zero-order valence-corrected chi connectivity index (χ0v) is 10.0. The third-order valence-electron chi connectivity index (χ3n) is 3.40. The van der Waals surface area contributed by atoms with Crippen LogP contribution < -0.4 is 5.73 Å². The van der Waals surface area contributed by atoms with Gasteiger partial charge in [-0.05, 0) is 32.1 Å². The van der Waals surface area contributed by atoms with Gasteiger partial charge in [0.2, 0.25) is 0 Å². The minimum atomic E-state index is 0.466. The largest absolute Gasteiger partial charge is 0.364 e. The predicted octanol–water partition coefficient (Wildman–Crippen LogP) is 0.652. The molecule has 0 aliphatic carbocycles. The lowest BCUT2D eigenvalue weighted by Gasteiger charge is -2.37. The Morgan fingerprint density at radius 1 is 1.38 bits per heavy atom. The Labute approximate surface area is 97.4 Å². The van der Waals surface area contributed by atoms with Gasteiger partial charge >= 0.3 is 0 Å². The van der Waals surface area contributed by atoms with E-state index >= 15 is 0 Å². The van der Waals surface area contributed by atoms with Crippen molar-refractivity contribution in [1.29, 1.82) is 0 Å². The van der Waals surface area contributed by atoms with Gasteiger partial charge in [0.1, 0.15) is 0 Å². The van der Waals surface area contributed by atoms with Gasteiger partial charge in [-0.25, -0.2) is 0 Å². The van der Waals surface area contributed by atoms with E-state index in [1.165, 1.54) is 5.69 Å². The Morgan fingerprint density at radius 2 is 2.12 bits per heavy atom. The zero-order chi connectivity index (χ0) is 11.4. The molecule has 1 aromatic heterocycles. The van der Waals surface area contributed by atoms with Crippen LogP contribution in [-0.2, 0) is 0 Å². The number of hydrogen-bond acceptors (Lipinski definition) is 3. The zero-order valence-electron chi connectivity index (χ0n) is 10.0. The van der Waals surface area contributed by atoms with Gasteiger partial charge in [-0.2, -0.15) is 0 Å². The minimum absolute atomic E-state index is 0.466. The molecule has 1 unspecified atom stereocenters. The minimum Gasteiger partial charge on any atom is -0.364 e. The van der Waals surface area contributed by atoms with Crippen LogP contribution >= 0.6 is 0 Å². The fourth-order valence-electron chi connectivity index (χ4n) is 2.38. The Hall–Kier alpha value is -0.840. The van der Waals surface area contributed by atoms with Gasteiger partial charge in [-0.1, -0.05) is 0 Å². The maximum atomic E-state index is 5.72. The molecule has 0 spiro atoms. The van der Waals surface area contributed by atoms with Crippen LogP contribution in [0.4, 0.5) is 0 Å². The highest BCUT2D eigenvalue weighted by Gasteiger charge is 2.23. The highest BCUT2D eigenvalue weighted by molar-refractivity contribution is 5.10. The van der Waals surface area contributed by atoms with Crippen molar-refractivity contribution in [3.8, 4) is 0 Å². The molecule has 0 saturated carbocycles. The second kappa shape index (κ2) is 5.48. The number of rotatable bonds is 4. The summed E-state index contributed by atoms with van der Waals surface area (Å²) in [7, 11) is 2.18. The Balaban J connectivity index is 2.02. The van der Waals surface area contributed by atoms with E-state index in [2.05, 4.69) is 34.0 Å². The summed E-state index contributed by atoms with van der Waals surface area (Å²) in [4.78, 5) is 8.24. The highest BCUT2D eigenvalue weighted by atomic mass is 15.3. The van der Waals surface area contributed by atoms with Gasteiger partial charge in [0, 0.05) is 38.1 Å². The number of nitrogens with two attached hydrogens (primary N) is 1. The average molecular weight is 222 g/mol. The van der Waals surface area contributed by atoms with Crippen molar-refractivity contribution >= 4 is 0 Å². The first-order valence-corrected chi connectivity index (χ1v) is 6.07. The summed E-state index contributed by atoms with van der Waals surface area (Å²) in [5.41, 5.74) is 7.02. The number of aromatic nitrogens is 1. The van der Waals surface area contributed by atoms with Crippen molar-refractivity contribution in [2.75, 3.05) is 39.8 Å². The number of nitrogens with one attached hydrogen (secondary N) is 1. The molecule has 0 aromatic carbocycles. The first kappa shape index (κ1) is 11.6. The van der Waals surface area contributed by atoms with E-state index in [0.29, 0.717) is 6.04 Å². The summed E-state index contributed by atoms with van der Waals surface area (Å²) in [6, 6.07) is 4.70. The predicted molar refractivity (Wildman–Crippen MR) is 66.3 cm³/mol. The lowest BCUT2D eigenvalue weighted by atomic mass is 10.1. The van der Waals surface area contributed by atoms with Crippen molar-refractivity contribution in [2.24, 2.45) is 5.73 Å². The number of hydrogen-bond donors (Lipinski definition) is 2. The molecule has 0 radical (unpaired) electrons. The van der Waals surface area contributed by atoms with E-state index in [1.807, 2.05) is 6.20 Å². The maximum absolute atomic E-state index is 5.72. The third kappa shape index (κ3) is 2.64. The average Bonchev–Trinajstić information content (AvgIpc) is 2.81. The first-order valence-electron chi connectivity index (χ1n) is 6.07. The van der Waals surface area contributed by atoms with Crippen LogP contribution in [0.2, 0.25) is 0 Å². The van der Waals surface area contributed by atoms with Crippen LogP contribution in [0, 0.1) is 0 Å². The van der Waals surface area contributed by atoms with Gasteiger partial charge in [-0.15, -0.1) is 0 Å². The second-order valence-corrected chi connectivity index (χ2v) is 4.56. The van der Waals surface area contributed by atoms with Gasteiger partial charge < -0.3 is 15.6 Å². The molecular weight excluding hydrogens is 200 g/mol. The summed E-state index contributed by atoms with van der Waals surface area (Å²) >= 11 is 0. The number of likely N-dealkylation sites (N-methyl/N-ethyl adjacent to an activating group) is 1. The Bertz CT molecular complexity index is 288. The number of aromatic amines is 1. The lowest BCUT2D eigenvalue weighted by molar-refractivity contribution is 0.106. The van der Waals surface area contributed by atoms with Crippen LogP contribution in [0.15, 0.2) is 18.3 Å². The molecule has 1 atom stereocenters. The molecule has 16 heavy (non-hydrogen) atoms. The van der Waals surface area contributed by atoms with Crippen molar-refractivity contribution in [3.63, 3.8) is 0 Å². The van der Waals surface area contributed by atoms with Gasteiger partial charge in [0.25, 0.3) is 0 Å². The fourth-order valence-corrected chi connectivity index (χ4v) is 2.38. The van der Waals surface area contributed by atoms with E-state index in [0.717, 1.165) is 39.1 Å². The molecule has 1 aliphatic rings. The van der Waals surface area contributed by atoms with Crippen molar-refractivity contribution in [2.45, 2.75) is 12.5 Å². The van der Waals surface area contributed by atoms with E-state index < -0.39 is 0 Å². The smallest absolute Gasteiger partial charge is 0.0511 e. The van der Waals surface area contributed by atoms with E-state index in [4.69, 9.17) is 5.73 Å². The van der Waals surface area contributed by atoms with Crippen LogP contribution in [0.25, 0.3) is 0 Å². The molecule has 1 fully saturated rings. The van der Waals surface area contributed by atoms with E-state index in [9.17, 15) is 0 Å². The normalized spacial score (nSPS) is 21.1. The SMILES string of the molecule is CN1CCN(C(CCN)c2ccc[nH]2)CC1. The van der Waals surface area contributed by atoms with Crippen LogP contribution in [0.1, 0.15) is 18.2 Å². The third-order valence-corrected chi connectivity index (χ3v) is 3.40. The molecule has 4 nitrogen and oxygen atoms in total. The molecule has 90 valence electrons. The standard InChI is InChI=1S/C12H22N4/c1-15-7-9-16(10-8-15)12(4-5-13)11-3-2-6-14-11/h2-3,6,12,14H,4-5,7-10,13H2,1H3. The molecule has 3 N–H and O–H groups in total. The maximum Gasteiger partial charge on any atom is 0.0511 e. The van der Waals surface area contributed by atoms with Gasteiger partial charge in [-0.3, -0.25) is 4.90 Å². The topological polar surface area (TPSA) is 48.3 Å². The number of piperazine rings is 1. The van der Waals surface area contributed by atoms with Crippen LogP contribution in [0.3, 0.4) is 0 Å². The summed E-state index contributed by atoms with van der Waals surface area (Å²) in [5.74, 6) is 0. The van der Waals surface area contributed by atoms with Crippen LogP contribution in [0.5, 0.6) is 0 Å². The molecule has 4 heteroatoms. The van der Waals surface area contributed by atoms with Crippen molar-refractivity contribution in [1.82, 2.24) is 14.8 Å². The lowest BCUT2D eigenvalue weighted by Crippen LogP contribution is -2.46. The summed E-state index contributed by atoms with van der Waals surface area (Å²) in [6.45, 7) is 5.33. The molecule has 2 rings (SSSR count). The Morgan fingerprint density at radius 3 is 2.69 bits per heavy atom. The number of nitrogens with zero attached hydrogens (tertiary/aromatic N) is 2. The molecule has 2 heterocycles. The van der Waals surface area contributed by atoms with Crippen LogP contribution in [-0.4, -0.2) is 54.6 Å².